The zero-order chi connectivity index (χ0) is 22.9. The molecule has 1 saturated heterocycles. The number of hydrogen-bond donors (Lipinski definition) is 0. The first kappa shape index (κ1) is 22.6. The molecule has 5 nitrogen and oxygen atoms in total. The molecule has 2 aromatic carbocycles. The van der Waals surface area contributed by atoms with E-state index in [-0.39, 0.29) is 35.1 Å². The molecule has 170 valence electrons. The largest absolute Gasteiger partial charge is 0.489 e. The summed E-state index contributed by atoms with van der Waals surface area (Å²) in [4.78, 5) is 25.6. The van der Waals surface area contributed by atoms with Crippen molar-refractivity contribution >= 4 is 23.6 Å². The lowest BCUT2D eigenvalue weighted by Gasteiger charge is -2.18. The Labute approximate surface area is 192 Å². The van der Waals surface area contributed by atoms with Gasteiger partial charge in [-0.2, -0.15) is 0 Å². The lowest BCUT2D eigenvalue weighted by Crippen LogP contribution is -2.37. The molecule has 1 atom stereocenters. The molecule has 0 saturated carbocycles. The SMILES string of the molecule is C[C@@H](SCc1ccc(OCc2cc(F)cc3c2OC(C)(C)C3)cc1)C(=O)N1CCCC1=O. The first-order valence-electron chi connectivity index (χ1n) is 10.9. The highest BCUT2D eigenvalue weighted by atomic mass is 32.2. The van der Waals surface area contributed by atoms with E-state index in [1.807, 2.05) is 45.0 Å². The van der Waals surface area contributed by atoms with Crippen molar-refractivity contribution in [1.29, 1.82) is 0 Å². The fourth-order valence-corrected chi connectivity index (χ4v) is 4.99. The average molecular weight is 458 g/mol. The number of ether oxygens (including phenoxy) is 2. The van der Waals surface area contributed by atoms with Crippen LogP contribution in [0.3, 0.4) is 0 Å². The van der Waals surface area contributed by atoms with Gasteiger partial charge < -0.3 is 9.47 Å². The number of imide groups is 1. The molecule has 2 aliphatic heterocycles. The highest BCUT2D eigenvalue weighted by Crippen LogP contribution is 2.38. The summed E-state index contributed by atoms with van der Waals surface area (Å²) in [5.74, 6) is 1.61. The number of thioether (sulfide) groups is 1. The lowest BCUT2D eigenvalue weighted by atomic mass is 10.0. The molecule has 0 radical (unpaired) electrons. The van der Waals surface area contributed by atoms with Crippen molar-refractivity contribution in [2.45, 2.75) is 63.2 Å². The number of amides is 2. The summed E-state index contributed by atoms with van der Waals surface area (Å²) in [7, 11) is 0. The van der Waals surface area contributed by atoms with Gasteiger partial charge in [0.15, 0.2) is 0 Å². The normalized spacial score (nSPS) is 17.8. The molecule has 0 unspecified atom stereocenters. The second-order valence-electron chi connectivity index (χ2n) is 8.96. The fourth-order valence-electron chi connectivity index (χ4n) is 4.09. The van der Waals surface area contributed by atoms with Crippen LogP contribution in [0.1, 0.15) is 50.3 Å². The minimum absolute atomic E-state index is 0.0677. The Balaban J connectivity index is 1.31. The van der Waals surface area contributed by atoms with Gasteiger partial charge in [0.25, 0.3) is 0 Å². The minimum atomic E-state index is -0.342. The van der Waals surface area contributed by atoms with E-state index in [2.05, 4.69) is 0 Å². The number of fused-ring (bicyclic) bond motifs is 1. The van der Waals surface area contributed by atoms with Crippen molar-refractivity contribution < 1.29 is 23.5 Å². The van der Waals surface area contributed by atoms with Gasteiger partial charge in [-0.3, -0.25) is 14.5 Å². The standard InChI is InChI=1S/C25H28FNO4S/c1-16(24(29)27-10-4-5-22(27)28)32-15-17-6-8-21(9-7-17)30-14-19-12-20(26)11-18-13-25(2,3)31-23(18)19/h6-9,11-12,16H,4-5,10,13-15H2,1-3H3/t16-/m1/s1. The highest BCUT2D eigenvalue weighted by molar-refractivity contribution is 7.99. The van der Waals surface area contributed by atoms with E-state index in [9.17, 15) is 14.0 Å². The number of rotatable bonds is 7. The van der Waals surface area contributed by atoms with E-state index in [4.69, 9.17) is 9.47 Å². The number of halogens is 1. The third-order valence-electron chi connectivity index (χ3n) is 5.71. The third-order valence-corrected chi connectivity index (χ3v) is 6.91. The molecule has 0 N–H and O–H groups in total. The molecular formula is C25H28FNO4S. The van der Waals surface area contributed by atoms with Gasteiger partial charge in [-0.1, -0.05) is 12.1 Å². The molecule has 7 heteroatoms. The number of hydrogen-bond acceptors (Lipinski definition) is 5. The number of carbonyl (C=O) groups is 2. The molecule has 0 bridgehead atoms. The monoisotopic (exact) mass is 457 g/mol. The van der Waals surface area contributed by atoms with Crippen LogP contribution >= 0.6 is 11.8 Å². The van der Waals surface area contributed by atoms with Crippen molar-refractivity contribution in [2.24, 2.45) is 0 Å². The topological polar surface area (TPSA) is 55.8 Å². The molecule has 0 aromatic heterocycles. The van der Waals surface area contributed by atoms with E-state index in [0.29, 0.717) is 36.5 Å². The predicted molar refractivity (Wildman–Crippen MR) is 122 cm³/mol. The smallest absolute Gasteiger partial charge is 0.242 e. The molecule has 2 amide bonds. The van der Waals surface area contributed by atoms with Crippen LogP contribution in [-0.2, 0) is 28.4 Å². The molecule has 4 rings (SSSR count). The van der Waals surface area contributed by atoms with Crippen LogP contribution in [0, 0.1) is 5.82 Å². The third kappa shape index (κ3) is 5.09. The number of likely N-dealkylation sites (tertiary alicyclic amines) is 1. The van der Waals surface area contributed by atoms with E-state index in [0.717, 1.165) is 23.3 Å². The van der Waals surface area contributed by atoms with Gasteiger partial charge in [-0.15, -0.1) is 11.8 Å². The van der Waals surface area contributed by atoms with Gasteiger partial charge in [0.2, 0.25) is 11.8 Å². The molecule has 0 aliphatic carbocycles. The second kappa shape index (κ2) is 9.14. The first-order valence-corrected chi connectivity index (χ1v) is 11.9. The van der Waals surface area contributed by atoms with Crippen molar-refractivity contribution in [1.82, 2.24) is 4.90 Å². The van der Waals surface area contributed by atoms with Crippen LogP contribution in [0.4, 0.5) is 4.39 Å². The van der Waals surface area contributed by atoms with E-state index in [1.165, 1.54) is 28.8 Å². The Kier molecular flexibility index (Phi) is 6.47. The predicted octanol–water partition coefficient (Wildman–Crippen LogP) is 4.89. The van der Waals surface area contributed by atoms with Crippen LogP contribution in [0.5, 0.6) is 11.5 Å². The molecule has 2 heterocycles. The van der Waals surface area contributed by atoms with Gasteiger partial charge in [0.05, 0.1) is 5.25 Å². The second-order valence-corrected chi connectivity index (χ2v) is 10.3. The molecule has 1 fully saturated rings. The fraction of sp³-hybridized carbons (Fsp3) is 0.440. The zero-order valence-electron chi connectivity index (χ0n) is 18.7. The summed E-state index contributed by atoms with van der Waals surface area (Å²) < 4.78 is 25.9. The summed E-state index contributed by atoms with van der Waals surface area (Å²) in [6, 6.07) is 10.7. The van der Waals surface area contributed by atoms with Crippen molar-refractivity contribution in [3.63, 3.8) is 0 Å². The van der Waals surface area contributed by atoms with Gasteiger partial charge in [-0.05, 0) is 57.0 Å². The molecule has 2 aliphatic rings. The highest BCUT2D eigenvalue weighted by Gasteiger charge is 2.32. The number of carbonyl (C=O) groups excluding carboxylic acids is 2. The van der Waals surface area contributed by atoms with E-state index < -0.39 is 0 Å². The summed E-state index contributed by atoms with van der Waals surface area (Å²) in [6.07, 6.45) is 1.89. The van der Waals surface area contributed by atoms with Gasteiger partial charge in [0, 0.05) is 36.3 Å². The Morgan fingerprint density at radius 3 is 2.72 bits per heavy atom. The Morgan fingerprint density at radius 2 is 2.03 bits per heavy atom. The van der Waals surface area contributed by atoms with E-state index >= 15 is 0 Å². The Morgan fingerprint density at radius 1 is 1.28 bits per heavy atom. The van der Waals surface area contributed by atoms with Gasteiger partial charge >= 0.3 is 0 Å². The molecule has 2 aromatic rings. The van der Waals surface area contributed by atoms with E-state index in [1.54, 1.807) is 0 Å². The van der Waals surface area contributed by atoms with Crippen LogP contribution in [0.25, 0.3) is 0 Å². The quantitative estimate of drug-likeness (QED) is 0.593. The van der Waals surface area contributed by atoms with Gasteiger partial charge in [0.1, 0.15) is 29.5 Å². The average Bonchev–Trinajstić information content (AvgIpc) is 3.31. The van der Waals surface area contributed by atoms with Gasteiger partial charge in [-0.25, -0.2) is 4.39 Å². The summed E-state index contributed by atoms with van der Waals surface area (Å²) in [6.45, 7) is 6.58. The van der Waals surface area contributed by atoms with Crippen molar-refractivity contribution in [3.05, 3.63) is 58.9 Å². The minimum Gasteiger partial charge on any atom is -0.489 e. The van der Waals surface area contributed by atoms with Crippen LogP contribution in [0.2, 0.25) is 0 Å². The van der Waals surface area contributed by atoms with Crippen LogP contribution < -0.4 is 9.47 Å². The van der Waals surface area contributed by atoms with Crippen LogP contribution in [-0.4, -0.2) is 34.1 Å². The summed E-state index contributed by atoms with van der Waals surface area (Å²) in [5, 5.41) is -0.271. The maximum atomic E-state index is 14.0. The number of nitrogens with zero attached hydrogens (tertiary/aromatic N) is 1. The maximum Gasteiger partial charge on any atom is 0.242 e. The zero-order valence-corrected chi connectivity index (χ0v) is 19.5. The van der Waals surface area contributed by atoms with Crippen molar-refractivity contribution in [2.75, 3.05) is 6.54 Å². The Hall–Kier alpha value is -2.54. The van der Waals surface area contributed by atoms with Crippen molar-refractivity contribution in [3.8, 4) is 11.5 Å². The molecular weight excluding hydrogens is 429 g/mol. The molecule has 0 spiro atoms. The molecule has 32 heavy (non-hydrogen) atoms. The lowest BCUT2D eigenvalue weighted by molar-refractivity contribution is -0.141. The first-order chi connectivity index (χ1) is 15.2. The summed E-state index contributed by atoms with van der Waals surface area (Å²) >= 11 is 1.51. The number of benzene rings is 2. The Bertz CT molecular complexity index is 1020. The van der Waals surface area contributed by atoms with Crippen LogP contribution in [0.15, 0.2) is 36.4 Å². The summed E-state index contributed by atoms with van der Waals surface area (Å²) in [5.41, 5.74) is 2.30. The maximum absolute atomic E-state index is 14.0.